The number of hydrogen-bond donors (Lipinski definition) is 2. The standard InChI is InChI=1S/C16H12F2N2O2/c1-22-10-3-5-14-11(7-10)12(8-19-14)16(21)20-15-4-2-9(17)6-13(15)18/h2-8,19H,1H3,(H,20,21). The Labute approximate surface area is 124 Å². The van der Waals surface area contributed by atoms with Crippen molar-refractivity contribution in [2.45, 2.75) is 0 Å². The van der Waals surface area contributed by atoms with Crippen LogP contribution in [0.4, 0.5) is 14.5 Å². The van der Waals surface area contributed by atoms with Gasteiger partial charge < -0.3 is 15.0 Å². The molecule has 0 aliphatic heterocycles. The number of hydrogen-bond acceptors (Lipinski definition) is 2. The molecule has 0 atom stereocenters. The average molecular weight is 302 g/mol. The van der Waals surface area contributed by atoms with E-state index in [1.807, 2.05) is 0 Å². The number of aromatic nitrogens is 1. The van der Waals surface area contributed by atoms with Crippen molar-refractivity contribution in [3.05, 3.63) is 59.8 Å². The van der Waals surface area contributed by atoms with Gasteiger partial charge in [0.1, 0.15) is 17.4 Å². The fraction of sp³-hybridized carbons (Fsp3) is 0.0625. The number of H-pyrrole nitrogens is 1. The van der Waals surface area contributed by atoms with Crippen LogP contribution in [0, 0.1) is 11.6 Å². The highest BCUT2D eigenvalue weighted by Gasteiger charge is 2.15. The number of rotatable bonds is 3. The van der Waals surface area contributed by atoms with Gasteiger partial charge >= 0.3 is 0 Å². The van der Waals surface area contributed by atoms with Crippen LogP contribution >= 0.6 is 0 Å². The summed E-state index contributed by atoms with van der Waals surface area (Å²) in [5, 5.41) is 3.08. The van der Waals surface area contributed by atoms with Crippen LogP contribution < -0.4 is 10.1 Å². The molecule has 2 aromatic carbocycles. The number of aromatic amines is 1. The lowest BCUT2D eigenvalue weighted by Gasteiger charge is -2.06. The number of anilines is 1. The zero-order chi connectivity index (χ0) is 15.7. The van der Waals surface area contributed by atoms with Gasteiger partial charge in [-0.15, -0.1) is 0 Å². The molecule has 0 unspecified atom stereocenters. The predicted octanol–water partition coefficient (Wildman–Crippen LogP) is 3.71. The molecule has 0 fully saturated rings. The first kappa shape index (κ1) is 14.1. The molecule has 0 saturated heterocycles. The summed E-state index contributed by atoms with van der Waals surface area (Å²) >= 11 is 0. The molecule has 22 heavy (non-hydrogen) atoms. The van der Waals surface area contributed by atoms with Crippen LogP contribution in [0.15, 0.2) is 42.6 Å². The number of ether oxygens (including phenoxy) is 1. The van der Waals surface area contributed by atoms with Gasteiger partial charge in [0, 0.05) is 23.2 Å². The minimum atomic E-state index is -0.828. The van der Waals surface area contributed by atoms with E-state index >= 15 is 0 Å². The third kappa shape index (κ3) is 2.50. The first-order chi connectivity index (χ1) is 10.6. The predicted molar refractivity (Wildman–Crippen MR) is 79.2 cm³/mol. The molecule has 4 nitrogen and oxygen atoms in total. The SMILES string of the molecule is COc1ccc2[nH]cc(C(=O)Nc3ccc(F)cc3F)c2c1. The molecule has 112 valence electrons. The van der Waals surface area contributed by atoms with Gasteiger partial charge in [0.2, 0.25) is 0 Å². The topological polar surface area (TPSA) is 54.1 Å². The van der Waals surface area contributed by atoms with Gasteiger partial charge in [-0.25, -0.2) is 8.78 Å². The maximum absolute atomic E-state index is 13.6. The monoisotopic (exact) mass is 302 g/mol. The lowest BCUT2D eigenvalue weighted by atomic mass is 10.1. The van der Waals surface area contributed by atoms with Crippen molar-refractivity contribution in [2.75, 3.05) is 12.4 Å². The van der Waals surface area contributed by atoms with Crippen LogP contribution in [0.2, 0.25) is 0 Å². The minimum Gasteiger partial charge on any atom is -0.497 e. The quantitative estimate of drug-likeness (QED) is 0.775. The Morgan fingerprint density at radius 3 is 2.73 bits per heavy atom. The Kier molecular flexibility index (Phi) is 3.50. The zero-order valence-corrected chi connectivity index (χ0v) is 11.6. The third-order valence-electron chi connectivity index (χ3n) is 3.31. The molecule has 0 radical (unpaired) electrons. The minimum absolute atomic E-state index is 0.0800. The molecule has 0 aliphatic carbocycles. The molecular formula is C16H12F2N2O2. The summed E-state index contributed by atoms with van der Waals surface area (Å²) < 4.78 is 31.6. The summed E-state index contributed by atoms with van der Waals surface area (Å²) in [6.45, 7) is 0. The number of fused-ring (bicyclic) bond motifs is 1. The lowest BCUT2D eigenvalue weighted by molar-refractivity contribution is 0.102. The fourth-order valence-electron chi connectivity index (χ4n) is 2.20. The Balaban J connectivity index is 1.95. The van der Waals surface area contributed by atoms with Crippen LogP contribution in [-0.4, -0.2) is 18.0 Å². The first-order valence-corrected chi connectivity index (χ1v) is 6.50. The number of amides is 1. The van der Waals surface area contributed by atoms with Crippen molar-refractivity contribution in [3.63, 3.8) is 0 Å². The highest BCUT2D eigenvalue weighted by atomic mass is 19.1. The second-order valence-corrected chi connectivity index (χ2v) is 4.69. The van der Waals surface area contributed by atoms with Gasteiger partial charge in [0.25, 0.3) is 5.91 Å². The number of methoxy groups -OCH3 is 1. The smallest absolute Gasteiger partial charge is 0.257 e. The van der Waals surface area contributed by atoms with Crippen molar-refractivity contribution in [1.29, 1.82) is 0 Å². The molecule has 6 heteroatoms. The van der Waals surface area contributed by atoms with E-state index in [2.05, 4.69) is 10.3 Å². The van der Waals surface area contributed by atoms with Gasteiger partial charge in [-0.2, -0.15) is 0 Å². The van der Waals surface area contributed by atoms with E-state index < -0.39 is 17.5 Å². The summed E-state index contributed by atoms with van der Waals surface area (Å²) in [7, 11) is 1.53. The molecule has 1 heterocycles. The van der Waals surface area contributed by atoms with Crippen LogP contribution in [0.5, 0.6) is 5.75 Å². The van der Waals surface area contributed by atoms with Gasteiger partial charge in [0.05, 0.1) is 18.4 Å². The van der Waals surface area contributed by atoms with E-state index in [1.165, 1.54) is 19.4 Å². The van der Waals surface area contributed by atoms with E-state index in [-0.39, 0.29) is 5.69 Å². The summed E-state index contributed by atoms with van der Waals surface area (Å²) in [5.74, 6) is -1.42. The second-order valence-electron chi connectivity index (χ2n) is 4.69. The molecule has 0 saturated carbocycles. The summed E-state index contributed by atoms with van der Waals surface area (Å²) in [5.41, 5.74) is 1.02. The van der Waals surface area contributed by atoms with Crippen molar-refractivity contribution in [3.8, 4) is 5.75 Å². The lowest BCUT2D eigenvalue weighted by Crippen LogP contribution is -2.12. The number of carbonyl (C=O) groups is 1. The zero-order valence-electron chi connectivity index (χ0n) is 11.6. The summed E-state index contributed by atoms with van der Waals surface area (Å²) in [6.07, 6.45) is 1.53. The van der Waals surface area contributed by atoms with Crippen LogP contribution in [0.1, 0.15) is 10.4 Å². The van der Waals surface area contributed by atoms with Gasteiger partial charge in [-0.05, 0) is 30.3 Å². The van der Waals surface area contributed by atoms with Crippen molar-refractivity contribution in [2.24, 2.45) is 0 Å². The maximum atomic E-state index is 13.6. The second kappa shape index (κ2) is 5.48. The Morgan fingerprint density at radius 2 is 2.00 bits per heavy atom. The summed E-state index contributed by atoms with van der Waals surface area (Å²) in [4.78, 5) is 15.3. The molecule has 1 aromatic heterocycles. The third-order valence-corrected chi connectivity index (χ3v) is 3.31. The number of carbonyl (C=O) groups excluding carboxylic acids is 1. The van der Waals surface area contributed by atoms with E-state index in [0.717, 1.165) is 11.6 Å². The van der Waals surface area contributed by atoms with Gasteiger partial charge in [-0.1, -0.05) is 0 Å². The average Bonchev–Trinajstić information content (AvgIpc) is 2.93. The van der Waals surface area contributed by atoms with E-state index in [0.29, 0.717) is 22.8 Å². The van der Waals surface area contributed by atoms with E-state index in [1.54, 1.807) is 18.2 Å². The van der Waals surface area contributed by atoms with E-state index in [4.69, 9.17) is 4.74 Å². The number of benzene rings is 2. The normalized spacial score (nSPS) is 10.7. The molecule has 0 aliphatic rings. The highest BCUT2D eigenvalue weighted by Crippen LogP contribution is 2.25. The number of halogens is 2. The largest absolute Gasteiger partial charge is 0.497 e. The fourth-order valence-corrected chi connectivity index (χ4v) is 2.20. The molecular weight excluding hydrogens is 290 g/mol. The van der Waals surface area contributed by atoms with Crippen molar-refractivity contribution in [1.82, 2.24) is 4.98 Å². The van der Waals surface area contributed by atoms with E-state index in [9.17, 15) is 13.6 Å². The first-order valence-electron chi connectivity index (χ1n) is 6.50. The Hall–Kier alpha value is -2.89. The van der Waals surface area contributed by atoms with Crippen LogP contribution in [-0.2, 0) is 0 Å². The molecule has 1 amide bonds. The van der Waals surface area contributed by atoms with Crippen molar-refractivity contribution < 1.29 is 18.3 Å². The summed E-state index contributed by atoms with van der Waals surface area (Å²) in [6, 6.07) is 8.23. The molecule has 0 bridgehead atoms. The maximum Gasteiger partial charge on any atom is 0.257 e. The number of nitrogens with one attached hydrogen (secondary N) is 2. The van der Waals surface area contributed by atoms with Gasteiger partial charge in [-0.3, -0.25) is 4.79 Å². The highest BCUT2D eigenvalue weighted by molar-refractivity contribution is 6.13. The Bertz CT molecular complexity index is 858. The van der Waals surface area contributed by atoms with Gasteiger partial charge in [0.15, 0.2) is 0 Å². The molecule has 3 rings (SSSR count). The Morgan fingerprint density at radius 1 is 1.18 bits per heavy atom. The van der Waals surface area contributed by atoms with Crippen LogP contribution in [0.25, 0.3) is 10.9 Å². The van der Waals surface area contributed by atoms with Crippen LogP contribution in [0.3, 0.4) is 0 Å². The van der Waals surface area contributed by atoms with Crippen molar-refractivity contribution >= 4 is 22.5 Å². The molecule has 0 spiro atoms. The molecule has 3 aromatic rings. The molecule has 2 N–H and O–H groups in total.